The number of aliphatic hydroxyl groups is 2. The normalized spacial score (nSPS) is 16.5. The van der Waals surface area contributed by atoms with Crippen molar-refractivity contribution in [2.75, 3.05) is 39.3 Å². The van der Waals surface area contributed by atoms with Gasteiger partial charge in [0, 0.05) is 36.7 Å². The number of aliphatic hydroxyl groups excluding tert-OH is 2. The molecule has 0 unspecified atom stereocenters. The Morgan fingerprint density at radius 3 is 2.21 bits per heavy atom. The number of alkyl halides is 3. The molecule has 1 aliphatic heterocycles. The number of nitrogens with two attached hydrogens (primary N) is 5. The van der Waals surface area contributed by atoms with Gasteiger partial charge in [0.25, 0.3) is 0 Å². The number of hydrogen-bond donors (Lipinski definition) is 13. The second kappa shape index (κ2) is 28.9. The molecule has 1 aromatic rings. The van der Waals surface area contributed by atoms with E-state index in [1.807, 2.05) is 0 Å². The van der Waals surface area contributed by atoms with Crippen LogP contribution in [0.4, 0.5) is 13.2 Å². The summed E-state index contributed by atoms with van der Waals surface area (Å²) in [5.41, 5.74) is 28.1. The summed E-state index contributed by atoms with van der Waals surface area (Å²) in [7, 11) is 0. The minimum atomic E-state index is -4.64. The number of guanidine groups is 1. The van der Waals surface area contributed by atoms with E-state index in [0.29, 0.717) is 69.6 Å². The van der Waals surface area contributed by atoms with E-state index < -0.39 is 83.4 Å². The van der Waals surface area contributed by atoms with Crippen molar-refractivity contribution >= 4 is 29.6 Å². The molecular formula is C46H74F3N13O6. The average molecular weight is 962 g/mol. The Bertz CT molecular complexity index is 1960. The number of aliphatic imine (C=N–C) groups is 1. The van der Waals surface area contributed by atoms with Crippen LogP contribution in [0.2, 0.25) is 0 Å². The van der Waals surface area contributed by atoms with Crippen molar-refractivity contribution in [1.82, 2.24) is 36.8 Å². The molecule has 2 rings (SSSR count). The first kappa shape index (κ1) is 58.0. The molecule has 380 valence electrons. The third-order valence-corrected chi connectivity index (χ3v) is 11.3. The van der Waals surface area contributed by atoms with Crippen molar-refractivity contribution < 1.29 is 42.6 Å². The summed E-state index contributed by atoms with van der Waals surface area (Å²) in [6.07, 6.45) is -1.03. The van der Waals surface area contributed by atoms with Crippen LogP contribution in [0.25, 0.3) is 0 Å². The van der Waals surface area contributed by atoms with Crippen LogP contribution >= 0.6 is 0 Å². The fraction of sp³-hybridized carbons (Fsp3) is 0.543. The fourth-order valence-corrected chi connectivity index (χ4v) is 7.22. The Hall–Kier alpha value is -6.10. The SMILES string of the molecule is C=C(O)/C(=C/CCN=C(N)N)NC(=O)[C@H](CCCCN)NC(=C)[C@H](Cc1cccc(C(F)(F)F)c1)NC(=O)[C@@H]1CCCN1C(=C)[C@@H](CCCN)NC(=O)CNC(=C)[C@H](C)NC(=O)[C@@H](C)[C@@H](O)CN. The number of nitrogens with zero attached hydrogens (tertiary/aromatic N) is 2. The topological polar surface area (TPSA) is 327 Å². The van der Waals surface area contributed by atoms with Crippen LogP contribution in [0, 0.1) is 5.92 Å². The van der Waals surface area contributed by atoms with Gasteiger partial charge >= 0.3 is 6.18 Å². The number of unbranched alkanes of at least 4 members (excludes halogenated alkanes) is 1. The molecule has 1 saturated heterocycles. The molecule has 1 fully saturated rings. The molecule has 18 N–H and O–H groups in total. The summed E-state index contributed by atoms with van der Waals surface area (Å²) in [5.74, 6) is -3.32. The van der Waals surface area contributed by atoms with Gasteiger partial charge in [0.15, 0.2) is 5.96 Å². The van der Waals surface area contributed by atoms with Gasteiger partial charge in [0.1, 0.15) is 17.8 Å². The number of hydrogen-bond acceptors (Lipinski definition) is 13. The standard InChI is InChI=1S/C46H74F3N13O6/c1-27(40(64)25-52)42(66)58-29(3)28(2)56-26-41(65)59-35(16-10-20-51)31(5)62-22-12-18-39(62)44(68)61-38(24-33-13-9-14-34(23-33)46(47,48)49)30(4)57-37(15-7-8-19-50)43(67)60-36(32(6)63)17-11-21-55-45(53)54/h9,13-14,17,23,27,29,35,37-40,56-57,63-64H,2,4-8,10-12,15-16,18-22,24-26,50-52H2,1,3H3,(H,58,66)(H,59,65)(H,60,67)(H,61,68)(H4,53,54,55)/b36-17-/t27-,29-,35+,37-,38-,39-,40-/m0/s1. The van der Waals surface area contributed by atoms with Crippen LogP contribution in [0.15, 0.2) is 90.2 Å². The quantitative estimate of drug-likeness (QED) is 0.0161. The molecule has 0 spiro atoms. The smallest absolute Gasteiger partial charge is 0.416 e. The molecule has 0 radical (unpaired) electrons. The van der Waals surface area contributed by atoms with Crippen LogP contribution in [0.3, 0.4) is 0 Å². The van der Waals surface area contributed by atoms with E-state index >= 15 is 0 Å². The molecule has 0 bridgehead atoms. The molecule has 0 aliphatic carbocycles. The van der Waals surface area contributed by atoms with Gasteiger partial charge in [-0.25, -0.2) is 0 Å². The van der Waals surface area contributed by atoms with E-state index in [0.717, 1.165) is 12.1 Å². The highest BCUT2D eigenvalue weighted by Crippen LogP contribution is 2.30. The predicted octanol–water partition coefficient (Wildman–Crippen LogP) is 0.834. The van der Waals surface area contributed by atoms with Gasteiger partial charge in [0.2, 0.25) is 23.6 Å². The number of halogens is 3. The zero-order chi connectivity index (χ0) is 51.1. The maximum atomic E-state index is 14.4. The van der Waals surface area contributed by atoms with Crippen molar-refractivity contribution in [2.45, 2.75) is 114 Å². The molecule has 22 heteroatoms. The molecule has 0 aromatic heterocycles. The number of rotatable bonds is 31. The van der Waals surface area contributed by atoms with Gasteiger partial charge < -0.3 is 75.7 Å². The van der Waals surface area contributed by atoms with Crippen molar-refractivity contribution in [3.05, 3.63) is 96.3 Å². The van der Waals surface area contributed by atoms with Crippen LogP contribution in [0.5, 0.6) is 0 Å². The first-order valence-electron chi connectivity index (χ1n) is 22.7. The number of nitrogens with one attached hydrogen (secondary N) is 6. The minimum Gasteiger partial charge on any atom is -0.506 e. The van der Waals surface area contributed by atoms with Crippen molar-refractivity contribution in [2.24, 2.45) is 39.6 Å². The Kier molecular flexibility index (Phi) is 24.7. The Labute approximate surface area is 397 Å². The summed E-state index contributed by atoms with van der Waals surface area (Å²) in [4.78, 5) is 59.7. The van der Waals surface area contributed by atoms with Crippen LogP contribution in [0.1, 0.15) is 76.3 Å². The zero-order valence-corrected chi connectivity index (χ0v) is 39.3. The van der Waals surface area contributed by atoms with E-state index in [-0.39, 0.29) is 61.8 Å². The molecule has 7 atom stereocenters. The average Bonchev–Trinajstić information content (AvgIpc) is 3.79. The summed E-state index contributed by atoms with van der Waals surface area (Å²) in [5, 5.41) is 37.5. The summed E-state index contributed by atoms with van der Waals surface area (Å²) >= 11 is 0. The predicted molar refractivity (Wildman–Crippen MR) is 257 cm³/mol. The maximum Gasteiger partial charge on any atom is 0.416 e. The Morgan fingerprint density at radius 2 is 1.59 bits per heavy atom. The molecule has 19 nitrogen and oxygen atoms in total. The van der Waals surface area contributed by atoms with Gasteiger partial charge in [-0.2, -0.15) is 13.2 Å². The second-order valence-electron chi connectivity index (χ2n) is 16.7. The molecule has 1 aliphatic rings. The monoisotopic (exact) mass is 962 g/mol. The summed E-state index contributed by atoms with van der Waals surface area (Å²) in [6, 6.07) is 0.526. The lowest BCUT2D eigenvalue weighted by Gasteiger charge is -2.34. The van der Waals surface area contributed by atoms with Gasteiger partial charge in [-0.3, -0.25) is 24.2 Å². The summed E-state index contributed by atoms with van der Waals surface area (Å²) in [6.45, 7) is 20.0. The maximum absolute atomic E-state index is 14.4. The van der Waals surface area contributed by atoms with Gasteiger partial charge in [0.05, 0.1) is 48.0 Å². The van der Waals surface area contributed by atoms with E-state index in [1.54, 1.807) is 18.7 Å². The molecule has 68 heavy (non-hydrogen) atoms. The first-order valence-corrected chi connectivity index (χ1v) is 22.7. The minimum absolute atomic E-state index is 0.00119. The van der Waals surface area contributed by atoms with E-state index in [2.05, 4.69) is 63.2 Å². The van der Waals surface area contributed by atoms with Gasteiger partial charge in [-0.1, -0.05) is 57.5 Å². The number of carbonyl (C=O) groups is 4. The Balaban J connectivity index is 2.37. The first-order chi connectivity index (χ1) is 32.0. The number of benzene rings is 1. The lowest BCUT2D eigenvalue weighted by molar-refractivity contribution is -0.137. The van der Waals surface area contributed by atoms with Gasteiger partial charge in [-0.05, 0) is 89.4 Å². The highest BCUT2D eigenvalue weighted by Gasteiger charge is 2.36. The number of amides is 4. The van der Waals surface area contributed by atoms with Gasteiger partial charge in [-0.15, -0.1) is 0 Å². The second-order valence-corrected chi connectivity index (χ2v) is 16.7. The fourth-order valence-electron chi connectivity index (χ4n) is 7.22. The number of carbonyl (C=O) groups excluding carboxylic acids is 4. The van der Waals surface area contributed by atoms with Crippen LogP contribution in [-0.4, -0.2) is 120 Å². The van der Waals surface area contributed by atoms with Crippen molar-refractivity contribution in [1.29, 1.82) is 0 Å². The third-order valence-electron chi connectivity index (χ3n) is 11.3. The van der Waals surface area contributed by atoms with E-state index in [9.17, 15) is 42.6 Å². The highest BCUT2D eigenvalue weighted by atomic mass is 19.4. The highest BCUT2D eigenvalue weighted by molar-refractivity contribution is 5.85. The number of likely N-dealkylation sites (tertiary alicyclic amines) is 1. The van der Waals surface area contributed by atoms with Crippen LogP contribution in [-0.2, 0) is 31.8 Å². The summed E-state index contributed by atoms with van der Waals surface area (Å²) < 4.78 is 41.6. The van der Waals surface area contributed by atoms with E-state index in [4.69, 9.17) is 28.7 Å². The molecule has 1 heterocycles. The van der Waals surface area contributed by atoms with Crippen molar-refractivity contribution in [3.63, 3.8) is 0 Å². The third kappa shape index (κ3) is 19.6. The molecule has 1 aromatic carbocycles. The largest absolute Gasteiger partial charge is 0.506 e. The van der Waals surface area contributed by atoms with Crippen molar-refractivity contribution in [3.8, 4) is 0 Å². The molecule has 4 amide bonds. The van der Waals surface area contributed by atoms with E-state index in [1.165, 1.54) is 18.2 Å². The molecular weight excluding hydrogens is 888 g/mol. The zero-order valence-electron chi connectivity index (χ0n) is 39.3. The molecule has 0 saturated carbocycles. The lowest BCUT2D eigenvalue weighted by Crippen LogP contribution is -2.53. The lowest BCUT2D eigenvalue weighted by atomic mass is 9.99. The van der Waals surface area contributed by atoms with Crippen LogP contribution < -0.4 is 60.6 Å². The Morgan fingerprint density at radius 1 is 0.912 bits per heavy atom.